The van der Waals surface area contributed by atoms with Gasteiger partial charge in [0.25, 0.3) is 0 Å². The third-order valence-electron chi connectivity index (χ3n) is 6.77. The Labute approximate surface area is 227 Å². The first-order valence-electron chi connectivity index (χ1n) is 12.6. The van der Waals surface area contributed by atoms with Crippen LogP contribution in [-0.2, 0) is 37.9 Å². The molecule has 0 bridgehead atoms. The summed E-state index contributed by atoms with van der Waals surface area (Å²) in [6, 6.07) is 0. The van der Waals surface area contributed by atoms with E-state index in [4.69, 9.17) is 37.9 Å². The van der Waals surface area contributed by atoms with Gasteiger partial charge in [-0.05, 0) is 13.8 Å². The van der Waals surface area contributed by atoms with Crippen LogP contribution in [0.25, 0.3) is 0 Å². The summed E-state index contributed by atoms with van der Waals surface area (Å²) in [5.74, 6) is -0.0146. The molecule has 8 nitrogen and oxygen atoms in total. The Balaban J connectivity index is 0.000000534. The van der Waals surface area contributed by atoms with Gasteiger partial charge in [0.15, 0.2) is 12.3 Å². The molecule has 0 N–H and O–H groups in total. The Morgan fingerprint density at radius 3 is 1.32 bits per heavy atom. The van der Waals surface area contributed by atoms with Gasteiger partial charge in [-0.1, -0.05) is 26.5 Å². The Morgan fingerprint density at radius 1 is 0.579 bits per heavy atom. The summed E-state index contributed by atoms with van der Waals surface area (Å²) in [5, 5.41) is 0. The number of halogens is 3. The molecular weight excluding hydrogens is 509 g/mol. The quantitative estimate of drug-likeness (QED) is 0.392. The topological polar surface area (TPSA) is 73.8 Å². The van der Waals surface area contributed by atoms with Crippen LogP contribution in [-0.4, -0.2) is 124 Å². The number of ether oxygens (including phenoxy) is 8. The molecule has 0 aromatic rings. The van der Waals surface area contributed by atoms with E-state index in [2.05, 4.69) is 0 Å². The molecule has 0 amide bonds. The van der Waals surface area contributed by atoms with E-state index in [1.807, 2.05) is 19.1 Å². The molecule has 1 aliphatic carbocycles. The third kappa shape index (κ3) is 10.3. The predicted molar refractivity (Wildman–Crippen MR) is 140 cm³/mol. The first kappa shape index (κ1) is 37.2. The minimum absolute atomic E-state index is 0. The summed E-state index contributed by atoms with van der Waals surface area (Å²) < 4.78 is 80.5. The van der Waals surface area contributed by atoms with Crippen molar-refractivity contribution in [3.8, 4) is 0 Å². The summed E-state index contributed by atoms with van der Waals surface area (Å²) in [6.07, 6.45) is -1.80. The smallest absolute Gasteiger partial charge is 0.154 e. The van der Waals surface area contributed by atoms with Crippen LogP contribution in [0.3, 0.4) is 0 Å². The first-order chi connectivity index (χ1) is 17.6. The zero-order chi connectivity index (χ0) is 28.1. The van der Waals surface area contributed by atoms with Crippen LogP contribution < -0.4 is 0 Å². The molecule has 3 aliphatic rings. The van der Waals surface area contributed by atoms with Crippen molar-refractivity contribution in [2.75, 3.05) is 62.5 Å². The highest BCUT2D eigenvalue weighted by Gasteiger charge is 2.43. The zero-order valence-electron chi connectivity index (χ0n) is 23.6. The van der Waals surface area contributed by atoms with E-state index in [9.17, 15) is 13.2 Å². The number of hydrogen-bond acceptors (Lipinski definition) is 8. The zero-order valence-corrected chi connectivity index (χ0v) is 23.6. The molecular formula is C27H51F3O8. The number of allylic oxidation sites excluding steroid dienone is 1. The Bertz CT molecular complexity index is 599. The van der Waals surface area contributed by atoms with Crippen molar-refractivity contribution >= 4 is 0 Å². The van der Waals surface area contributed by atoms with Crippen LogP contribution in [0.15, 0.2) is 12.2 Å². The Morgan fingerprint density at radius 2 is 0.974 bits per heavy atom. The van der Waals surface area contributed by atoms with Crippen molar-refractivity contribution in [3.05, 3.63) is 12.2 Å². The Hall–Kier alpha value is -0.790. The average molecular weight is 561 g/mol. The molecule has 0 spiro atoms. The van der Waals surface area contributed by atoms with Gasteiger partial charge < -0.3 is 37.9 Å². The molecule has 0 unspecified atom stereocenters. The molecule has 228 valence electrons. The second kappa shape index (κ2) is 19.3. The predicted octanol–water partition coefficient (Wildman–Crippen LogP) is 3.99. The average Bonchev–Trinajstić information content (AvgIpc) is 3.30. The van der Waals surface area contributed by atoms with Crippen LogP contribution in [0.5, 0.6) is 0 Å². The summed E-state index contributed by atoms with van der Waals surface area (Å²) >= 11 is 0. The lowest BCUT2D eigenvalue weighted by molar-refractivity contribution is -0.0416. The molecule has 3 rings (SSSR count). The fraction of sp³-hybridized carbons (Fsp3) is 0.926. The van der Waals surface area contributed by atoms with Gasteiger partial charge in [0.2, 0.25) is 0 Å². The van der Waals surface area contributed by atoms with E-state index in [-0.39, 0.29) is 37.6 Å². The van der Waals surface area contributed by atoms with E-state index >= 15 is 0 Å². The van der Waals surface area contributed by atoms with Gasteiger partial charge in [0.1, 0.15) is 30.6 Å². The van der Waals surface area contributed by atoms with Crippen LogP contribution >= 0.6 is 0 Å². The lowest BCUT2D eigenvalue weighted by Crippen LogP contribution is -2.40. The highest BCUT2D eigenvalue weighted by Crippen LogP contribution is 2.28. The van der Waals surface area contributed by atoms with Crippen LogP contribution in [0.4, 0.5) is 13.2 Å². The van der Waals surface area contributed by atoms with Gasteiger partial charge in [-0.25, -0.2) is 13.2 Å². The number of alkyl halides is 3. The number of hydrogen-bond donors (Lipinski definition) is 0. The molecule has 0 aromatic carbocycles. The second-order valence-electron chi connectivity index (χ2n) is 9.47. The fourth-order valence-electron chi connectivity index (χ4n) is 4.68. The Kier molecular flexibility index (Phi) is 18.9. The number of methoxy groups -OCH3 is 6. The van der Waals surface area contributed by atoms with Crippen molar-refractivity contribution in [2.45, 2.75) is 89.4 Å². The van der Waals surface area contributed by atoms with Gasteiger partial charge in [-0.2, -0.15) is 0 Å². The molecule has 2 saturated heterocycles. The highest BCUT2D eigenvalue weighted by atomic mass is 19.1. The number of rotatable bonds is 9. The van der Waals surface area contributed by atoms with Gasteiger partial charge in [-0.15, -0.1) is 0 Å². The van der Waals surface area contributed by atoms with Crippen molar-refractivity contribution in [2.24, 2.45) is 11.8 Å². The molecule has 2 fully saturated rings. The monoisotopic (exact) mass is 560 g/mol. The lowest BCUT2D eigenvalue weighted by atomic mass is 9.85. The minimum Gasteiger partial charge on any atom is -0.384 e. The van der Waals surface area contributed by atoms with E-state index in [1.165, 1.54) is 14.2 Å². The van der Waals surface area contributed by atoms with Gasteiger partial charge in [0.05, 0.1) is 38.1 Å². The molecule has 2 heterocycles. The van der Waals surface area contributed by atoms with Gasteiger partial charge in [0, 0.05) is 54.5 Å². The van der Waals surface area contributed by atoms with Crippen LogP contribution in [0.1, 0.15) is 28.2 Å². The maximum absolute atomic E-state index is 13.6. The van der Waals surface area contributed by atoms with Crippen LogP contribution in [0.2, 0.25) is 0 Å². The fourth-order valence-corrected chi connectivity index (χ4v) is 4.68. The van der Waals surface area contributed by atoms with Crippen molar-refractivity contribution < 1.29 is 51.1 Å². The molecule has 12 atom stereocenters. The van der Waals surface area contributed by atoms with E-state index in [1.54, 1.807) is 42.3 Å². The van der Waals surface area contributed by atoms with Gasteiger partial charge in [-0.3, -0.25) is 0 Å². The standard InChI is InChI=1S/C10H17FO2.2C8H15FO3.CH4/c1-7-4-5-8(6-12-2)10(13-3)9(7)11;2*1-5-7(9)8(11-3)6(12-5)4-10-2;/h4-5,7-10H,6H2,1-3H3;2*5-8H,4H2,1-3H3;1H4/t7-,8-,9+,10-;5-,6+,7+,8+;5-,6+,7-,8+;/m100./s1. The maximum Gasteiger partial charge on any atom is 0.154 e. The molecule has 38 heavy (non-hydrogen) atoms. The minimum atomic E-state index is -1.05. The van der Waals surface area contributed by atoms with E-state index in [0.29, 0.717) is 19.8 Å². The first-order valence-corrected chi connectivity index (χ1v) is 12.6. The lowest BCUT2D eigenvalue weighted by Gasteiger charge is -2.32. The molecule has 0 radical (unpaired) electrons. The normalized spacial score (nSPS) is 40.0. The third-order valence-corrected chi connectivity index (χ3v) is 6.77. The van der Waals surface area contributed by atoms with Gasteiger partial charge >= 0.3 is 0 Å². The van der Waals surface area contributed by atoms with E-state index < -0.39 is 42.9 Å². The molecule has 0 aromatic heterocycles. The largest absolute Gasteiger partial charge is 0.384 e. The summed E-state index contributed by atoms with van der Waals surface area (Å²) in [6.45, 7) is 6.53. The highest BCUT2D eigenvalue weighted by molar-refractivity contribution is 5.05. The molecule has 2 aliphatic heterocycles. The SMILES string of the molecule is C.COC[C@H]1C=C[C@@H](C)[C@H](F)[C@@H]1OC.COC[C@H]1O[C@@H](C)[C@@H](F)[C@@H]1OC.COC[C@H]1O[C@@H](C)[C@H](F)[C@@H]1OC. The summed E-state index contributed by atoms with van der Waals surface area (Å²) in [7, 11) is 9.26. The molecule has 11 heteroatoms. The maximum atomic E-state index is 13.6. The summed E-state index contributed by atoms with van der Waals surface area (Å²) in [5.41, 5.74) is 0. The van der Waals surface area contributed by atoms with Crippen molar-refractivity contribution in [3.63, 3.8) is 0 Å². The van der Waals surface area contributed by atoms with Crippen molar-refractivity contribution in [1.29, 1.82) is 0 Å². The second-order valence-corrected chi connectivity index (χ2v) is 9.47. The molecule has 0 saturated carbocycles. The summed E-state index contributed by atoms with van der Waals surface area (Å²) in [4.78, 5) is 0. The van der Waals surface area contributed by atoms with Crippen molar-refractivity contribution in [1.82, 2.24) is 0 Å². The van der Waals surface area contributed by atoms with E-state index in [0.717, 1.165) is 0 Å². The van der Waals surface area contributed by atoms with Crippen LogP contribution in [0, 0.1) is 11.8 Å².